The Bertz CT molecular complexity index is 1090. The molecule has 0 aliphatic rings. The van der Waals surface area contributed by atoms with E-state index in [1.807, 2.05) is 32.0 Å². The number of hydrogen-bond donors (Lipinski definition) is 2. The molecule has 1 aromatic heterocycles. The molecule has 1 heterocycles. The molecule has 3 rings (SSSR count). The third-order valence-corrected chi connectivity index (χ3v) is 6.94. The van der Waals surface area contributed by atoms with Crippen LogP contribution in [0, 0.1) is 13.8 Å². The Kier molecular flexibility index (Phi) is 5.42. The van der Waals surface area contributed by atoms with Gasteiger partial charge in [0.05, 0.1) is 5.52 Å². The van der Waals surface area contributed by atoms with Gasteiger partial charge in [-0.25, -0.2) is 0 Å². The summed E-state index contributed by atoms with van der Waals surface area (Å²) in [7, 11) is -5.62. The lowest BCUT2D eigenvalue weighted by atomic mass is 10.1. The van der Waals surface area contributed by atoms with Crippen LogP contribution < -0.4 is 0 Å². The van der Waals surface area contributed by atoms with E-state index in [2.05, 4.69) is 36.4 Å². The summed E-state index contributed by atoms with van der Waals surface area (Å²) in [5, 5.41) is 1.10. The van der Waals surface area contributed by atoms with E-state index in [0.29, 0.717) is 6.54 Å². The summed E-state index contributed by atoms with van der Waals surface area (Å²) in [6.07, 6.45) is 0. The van der Waals surface area contributed by atoms with Gasteiger partial charge in [-0.2, -0.15) is 8.78 Å². The number of para-hydroxylation sites is 1. The molecule has 0 bridgehead atoms. The van der Waals surface area contributed by atoms with E-state index in [1.165, 1.54) is 12.1 Å². The summed E-state index contributed by atoms with van der Waals surface area (Å²) in [5.41, 5.74) is -1.06. The van der Waals surface area contributed by atoms with Gasteiger partial charge in [0.25, 0.3) is 0 Å². The first-order valence-corrected chi connectivity index (χ1v) is 11.1. The molecule has 2 N–H and O–H groups in total. The first-order valence-electron chi connectivity index (χ1n) is 7.91. The van der Waals surface area contributed by atoms with Crippen LogP contribution in [0.5, 0.6) is 0 Å². The van der Waals surface area contributed by atoms with Gasteiger partial charge >= 0.3 is 13.3 Å². The molecule has 0 aliphatic heterocycles. The van der Waals surface area contributed by atoms with Gasteiger partial charge in [-0.15, -0.1) is 0 Å². The zero-order valence-electron chi connectivity index (χ0n) is 14.4. The van der Waals surface area contributed by atoms with E-state index >= 15 is 0 Å². The molecule has 0 saturated heterocycles. The van der Waals surface area contributed by atoms with Gasteiger partial charge in [0.2, 0.25) is 0 Å². The standard InChI is InChI=1S/C18H16Br2F2NO3P/c1-10-11(2)23(17-13(10)4-3-5-15(17)19)9-12-6-7-14(16(20)8-12)18(21,22)27(24,25)26/h3-8H,9H2,1-2H3,(H2,24,25,26). The second-order valence-electron chi connectivity index (χ2n) is 6.33. The number of fused-ring (bicyclic) bond motifs is 1. The summed E-state index contributed by atoms with van der Waals surface area (Å²) < 4.78 is 42.1. The van der Waals surface area contributed by atoms with Crippen molar-refractivity contribution in [3.8, 4) is 0 Å². The van der Waals surface area contributed by atoms with Crippen LogP contribution in [0.15, 0.2) is 45.3 Å². The van der Waals surface area contributed by atoms with Gasteiger partial charge in [0, 0.05) is 32.1 Å². The number of aryl methyl sites for hydroxylation is 1. The minimum atomic E-state index is -5.62. The second kappa shape index (κ2) is 7.08. The Hall–Kier alpha value is -1.05. The van der Waals surface area contributed by atoms with Crippen LogP contribution in [-0.4, -0.2) is 14.4 Å². The van der Waals surface area contributed by atoms with E-state index in [-0.39, 0.29) is 4.47 Å². The van der Waals surface area contributed by atoms with Gasteiger partial charge < -0.3 is 14.4 Å². The monoisotopic (exact) mass is 521 g/mol. The predicted molar refractivity (Wildman–Crippen MR) is 108 cm³/mol. The Morgan fingerprint density at radius 3 is 2.37 bits per heavy atom. The zero-order valence-corrected chi connectivity index (χ0v) is 18.4. The van der Waals surface area contributed by atoms with Crippen molar-refractivity contribution in [2.24, 2.45) is 0 Å². The van der Waals surface area contributed by atoms with E-state index in [1.54, 1.807) is 0 Å². The van der Waals surface area contributed by atoms with Gasteiger partial charge in [-0.3, -0.25) is 4.57 Å². The Morgan fingerprint density at radius 2 is 1.78 bits per heavy atom. The molecule has 0 amide bonds. The maximum Gasteiger partial charge on any atom is 0.399 e. The van der Waals surface area contributed by atoms with Crippen LogP contribution >= 0.6 is 39.5 Å². The quantitative estimate of drug-likeness (QED) is 0.409. The molecule has 0 fully saturated rings. The predicted octanol–water partition coefficient (Wildman–Crippen LogP) is 6.06. The molecule has 0 spiro atoms. The lowest BCUT2D eigenvalue weighted by molar-refractivity contribution is 0.0557. The van der Waals surface area contributed by atoms with Gasteiger partial charge in [-0.05, 0) is 53.0 Å². The highest BCUT2D eigenvalue weighted by molar-refractivity contribution is 9.11. The van der Waals surface area contributed by atoms with Crippen molar-refractivity contribution in [3.05, 3.63) is 67.7 Å². The summed E-state index contributed by atoms with van der Waals surface area (Å²) >= 11 is 6.60. The number of rotatable bonds is 4. The van der Waals surface area contributed by atoms with Gasteiger partial charge in [0.15, 0.2) is 0 Å². The number of hydrogen-bond acceptors (Lipinski definition) is 1. The number of benzene rings is 2. The largest absolute Gasteiger partial charge is 0.399 e. The zero-order chi connectivity index (χ0) is 20.1. The summed E-state index contributed by atoms with van der Waals surface area (Å²) in [6.45, 7) is 4.45. The normalized spacial score (nSPS) is 12.7. The van der Waals surface area contributed by atoms with Crippen molar-refractivity contribution in [2.45, 2.75) is 26.1 Å². The number of nitrogens with zero attached hydrogens (tertiary/aromatic N) is 1. The highest BCUT2D eigenvalue weighted by Crippen LogP contribution is 2.60. The van der Waals surface area contributed by atoms with Crippen LogP contribution in [0.2, 0.25) is 0 Å². The highest BCUT2D eigenvalue weighted by Gasteiger charge is 2.51. The molecule has 27 heavy (non-hydrogen) atoms. The molecule has 0 unspecified atom stereocenters. The molecule has 144 valence electrons. The third-order valence-electron chi connectivity index (χ3n) is 4.67. The van der Waals surface area contributed by atoms with Crippen molar-refractivity contribution in [1.29, 1.82) is 0 Å². The van der Waals surface area contributed by atoms with Crippen LogP contribution in [-0.2, 0) is 16.8 Å². The fraction of sp³-hybridized carbons (Fsp3) is 0.222. The molecule has 0 radical (unpaired) electrons. The third kappa shape index (κ3) is 3.54. The van der Waals surface area contributed by atoms with E-state index in [0.717, 1.165) is 38.3 Å². The van der Waals surface area contributed by atoms with Crippen LogP contribution in [0.1, 0.15) is 22.4 Å². The van der Waals surface area contributed by atoms with E-state index in [4.69, 9.17) is 9.79 Å². The molecule has 0 saturated carbocycles. The molecule has 9 heteroatoms. The average Bonchev–Trinajstić information content (AvgIpc) is 2.80. The van der Waals surface area contributed by atoms with Crippen LogP contribution in [0.4, 0.5) is 8.78 Å². The molecule has 2 aromatic carbocycles. The first kappa shape index (κ1) is 20.7. The minimum absolute atomic E-state index is 0.0433. The lowest BCUT2D eigenvalue weighted by Crippen LogP contribution is -2.15. The molecular weight excluding hydrogens is 507 g/mol. The number of halogens is 4. The molecule has 3 aromatic rings. The minimum Gasteiger partial charge on any atom is -0.339 e. The van der Waals surface area contributed by atoms with Gasteiger partial charge in [0.1, 0.15) is 0 Å². The van der Waals surface area contributed by atoms with Crippen molar-refractivity contribution in [2.75, 3.05) is 0 Å². The van der Waals surface area contributed by atoms with E-state index in [9.17, 15) is 13.3 Å². The SMILES string of the molecule is Cc1c(C)n(Cc2ccc(C(F)(F)P(=O)(O)O)c(Br)c2)c2c(Br)cccc12. The Morgan fingerprint density at radius 1 is 1.11 bits per heavy atom. The molecular formula is C18H16Br2F2NO3P. The molecule has 4 nitrogen and oxygen atoms in total. The fourth-order valence-corrected chi connectivity index (χ4v) is 5.01. The smallest absolute Gasteiger partial charge is 0.339 e. The first-order chi connectivity index (χ1) is 12.4. The number of aromatic nitrogens is 1. The van der Waals surface area contributed by atoms with Crippen molar-refractivity contribution in [3.63, 3.8) is 0 Å². The molecule has 0 atom stereocenters. The summed E-state index contributed by atoms with van der Waals surface area (Å²) in [6, 6.07) is 9.91. The second-order valence-corrected chi connectivity index (χ2v) is 9.69. The van der Waals surface area contributed by atoms with Crippen LogP contribution in [0.3, 0.4) is 0 Å². The van der Waals surface area contributed by atoms with Crippen LogP contribution in [0.25, 0.3) is 10.9 Å². The lowest BCUT2D eigenvalue weighted by Gasteiger charge is -2.20. The Labute approximate surface area is 171 Å². The number of alkyl halides is 2. The summed E-state index contributed by atoms with van der Waals surface area (Å²) in [4.78, 5) is 17.9. The maximum atomic E-state index is 14.0. The average molecular weight is 523 g/mol. The van der Waals surface area contributed by atoms with Crippen molar-refractivity contribution >= 4 is 50.4 Å². The van der Waals surface area contributed by atoms with E-state index < -0.39 is 18.8 Å². The summed E-state index contributed by atoms with van der Waals surface area (Å²) in [5.74, 6) is 0. The topological polar surface area (TPSA) is 62.5 Å². The fourth-order valence-electron chi connectivity index (χ4n) is 3.10. The Balaban J connectivity index is 2.06. The highest BCUT2D eigenvalue weighted by atomic mass is 79.9. The van der Waals surface area contributed by atoms with Crippen molar-refractivity contribution < 1.29 is 23.1 Å². The van der Waals surface area contributed by atoms with Gasteiger partial charge in [-0.1, -0.05) is 40.2 Å². The van der Waals surface area contributed by atoms with Crippen molar-refractivity contribution in [1.82, 2.24) is 4.57 Å². The molecule has 0 aliphatic carbocycles. The maximum absolute atomic E-state index is 14.0.